The quantitative estimate of drug-likeness (QED) is 0.845. The lowest BCUT2D eigenvalue weighted by atomic mass is 10.0. The van der Waals surface area contributed by atoms with Gasteiger partial charge in [0.05, 0.1) is 6.07 Å². The van der Waals surface area contributed by atoms with Gasteiger partial charge in [-0.2, -0.15) is 17.0 Å². The highest BCUT2D eigenvalue weighted by Gasteiger charge is 2.35. The Labute approximate surface area is 130 Å². The van der Waals surface area contributed by atoms with Crippen LogP contribution in [0, 0.1) is 23.0 Å². The Balaban J connectivity index is 1.89. The molecule has 1 aliphatic rings. The van der Waals surface area contributed by atoms with Crippen molar-refractivity contribution in [1.29, 1.82) is 5.26 Å². The highest BCUT2D eigenvalue weighted by atomic mass is 32.2. The molecule has 0 spiro atoms. The third kappa shape index (κ3) is 3.83. The Morgan fingerprint density at radius 1 is 1.32 bits per heavy atom. The molecular formula is C15H14F2N2O2S. The van der Waals surface area contributed by atoms with Gasteiger partial charge in [0.25, 0.3) is 0 Å². The average molecular weight is 324 g/mol. The van der Waals surface area contributed by atoms with Crippen molar-refractivity contribution >= 4 is 23.5 Å². The van der Waals surface area contributed by atoms with Crippen molar-refractivity contribution in [3.63, 3.8) is 0 Å². The first-order valence-electron chi connectivity index (χ1n) is 6.74. The first-order valence-corrected chi connectivity index (χ1v) is 7.89. The lowest BCUT2D eigenvalue weighted by Crippen LogP contribution is -2.47. The Morgan fingerprint density at radius 2 is 2.09 bits per heavy atom. The van der Waals surface area contributed by atoms with Gasteiger partial charge < -0.3 is 5.32 Å². The molecule has 0 aliphatic carbocycles. The molecule has 1 aromatic carbocycles. The van der Waals surface area contributed by atoms with E-state index in [0.717, 1.165) is 17.9 Å². The molecule has 1 heterocycles. The fraction of sp³-hybridized carbons (Fsp3) is 0.400. The van der Waals surface area contributed by atoms with Gasteiger partial charge in [0.15, 0.2) is 17.4 Å². The number of nitrogens with one attached hydrogen (secondary N) is 1. The molecule has 0 aromatic heterocycles. The van der Waals surface area contributed by atoms with Crippen LogP contribution >= 0.6 is 11.8 Å². The second kappa shape index (κ2) is 6.88. The lowest BCUT2D eigenvalue weighted by molar-refractivity contribution is -0.122. The summed E-state index contributed by atoms with van der Waals surface area (Å²) in [5.74, 6) is -1.61. The van der Waals surface area contributed by atoms with Crippen molar-refractivity contribution in [3.8, 4) is 6.07 Å². The summed E-state index contributed by atoms with van der Waals surface area (Å²) in [6.07, 6.45) is 0.370. The Hall–Kier alpha value is -1.94. The van der Waals surface area contributed by atoms with Crippen molar-refractivity contribution in [2.75, 3.05) is 11.5 Å². The average Bonchev–Trinajstić information content (AvgIpc) is 2.96. The standard InChI is InChI=1S/C15H14F2N2O2S/c16-11-2-1-10(7-12(11)17)13(20)3-4-14(21)19-15(8-18)5-6-22-9-15/h1-2,7H,3-6,9H2,(H,19,21). The summed E-state index contributed by atoms with van der Waals surface area (Å²) >= 11 is 1.59. The topological polar surface area (TPSA) is 70.0 Å². The van der Waals surface area contributed by atoms with Crippen molar-refractivity contribution in [3.05, 3.63) is 35.4 Å². The first-order chi connectivity index (χ1) is 10.5. The van der Waals surface area contributed by atoms with E-state index in [1.165, 1.54) is 6.07 Å². The van der Waals surface area contributed by atoms with Crippen LogP contribution in [0.1, 0.15) is 29.6 Å². The molecule has 4 nitrogen and oxygen atoms in total. The molecule has 1 aliphatic heterocycles. The highest BCUT2D eigenvalue weighted by Crippen LogP contribution is 2.27. The molecule has 1 saturated heterocycles. The zero-order chi connectivity index (χ0) is 16.2. The number of amides is 1. The van der Waals surface area contributed by atoms with Gasteiger partial charge in [-0.1, -0.05) is 0 Å². The number of ketones is 1. The molecule has 0 radical (unpaired) electrons. The summed E-state index contributed by atoms with van der Waals surface area (Å²) in [5.41, 5.74) is -0.828. The molecule has 2 rings (SSSR count). The Kier molecular flexibility index (Phi) is 5.14. The number of benzene rings is 1. The van der Waals surface area contributed by atoms with E-state index >= 15 is 0 Å². The second-order valence-corrected chi connectivity index (χ2v) is 6.20. The zero-order valence-electron chi connectivity index (χ0n) is 11.7. The van der Waals surface area contributed by atoms with Gasteiger partial charge in [0.1, 0.15) is 5.54 Å². The van der Waals surface area contributed by atoms with Gasteiger partial charge in [-0.3, -0.25) is 9.59 Å². The number of nitrogens with zero attached hydrogens (tertiary/aromatic N) is 1. The summed E-state index contributed by atoms with van der Waals surface area (Å²) in [7, 11) is 0. The maximum atomic E-state index is 13.1. The van der Waals surface area contributed by atoms with E-state index in [0.29, 0.717) is 12.2 Å². The minimum absolute atomic E-state index is 0.0260. The normalized spacial score (nSPS) is 20.4. The number of rotatable bonds is 5. The Morgan fingerprint density at radius 3 is 2.68 bits per heavy atom. The number of halogens is 2. The zero-order valence-corrected chi connectivity index (χ0v) is 12.5. The lowest BCUT2D eigenvalue weighted by Gasteiger charge is -2.21. The minimum Gasteiger partial charge on any atom is -0.337 e. The van der Waals surface area contributed by atoms with Crippen LogP contribution in [0.25, 0.3) is 0 Å². The van der Waals surface area contributed by atoms with E-state index in [4.69, 9.17) is 5.26 Å². The molecule has 1 amide bonds. The van der Waals surface area contributed by atoms with Crippen molar-refractivity contribution in [2.45, 2.75) is 24.8 Å². The van der Waals surface area contributed by atoms with Crippen LogP contribution < -0.4 is 5.32 Å². The maximum absolute atomic E-state index is 13.1. The predicted octanol–water partition coefficient (Wildman–Crippen LogP) is 2.44. The first kappa shape index (κ1) is 16.4. The molecule has 1 unspecified atom stereocenters. The second-order valence-electron chi connectivity index (χ2n) is 5.10. The summed E-state index contributed by atoms with van der Waals surface area (Å²) in [6, 6.07) is 4.99. The summed E-state index contributed by atoms with van der Waals surface area (Å²) in [5, 5.41) is 11.8. The molecule has 22 heavy (non-hydrogen) atoms. The number of Topliss-reactive ketones (excluding diaryl/α,β-unsaturated/α-hetero) is 1. The van der Waals surface area contributed by atoms with Gasteiger partial charge in [-0.05, 0) is 30.4 Å². The van der Waals surface area contributed by atoms with Crippen LogP contribution in [0.2, 0.25) is 0 Å². The summed E-state index contributed by atoms with van der Waals surface area (Å²) < 4.78 is 25.9. The van der Waals surface area contributed by atoms with Gasteiger partial charge in [0.2, 0.25) is 5.91 Å². The van der Waals surface area contributed by atoms with E-state index in [-0.39, 0.29) is 24.3 Å². The predicted molar refractivity (Wildman–Crippen MR) is 78.4 cm³/mol. The van der Waals surface area contributed by atoms with E-state index in [1.807, 2.05) is 0 Å². The third-order valence-corrected chi connectivity index (χ3v) is 4.62. The van der Waals surface area contributed by atoms with Crippen molar-refractivity contribution in [2.24, 2.45) is 0 Å². The molecule has 0 saturated carbocycles. The van der Waals surface area contributed by atoms with Crippen LogP contribution in [0.15, 0.2) is 18.2 Å². The van der Waals surface area contributed by atoms with Crippen LogP contribution in [0.4, 0.5) is 8.78 Å². The van der Waals surface area contributed by atoms with Crippen molar-refractivity contribution < 1.29 is 18.4 Å². The summed E-state index contributed by atoms with van der Waals surface area (Å²) in [4.78, 5) is 23.7. The molecule has 0 bridgehead atoms. The number of nitriles is 1. The molecule has 7 heteroatoms. The van der Waals surface area contributed by atoms with Crippen LogP contribution in [-0.2, 0) is 4.79 Å². The van der Waals surface area contributed by atoms with E-state index in [2.05, 4.69) is 11.4 Å². The molecule has 1 N–H and O–H groups in total. The van der Waals surface area contributed by atoms with Gasteiger partial charge in [-0.15, -0.1) is 0 Å². The summed E-state index contributed by atoms with van der Waals surface area (Å²) in [6.45, 7) is 0. The van der Waals surface area contributed by atoms with Crippen LogP contribution in [-0.4, -0.2) is 28.7 Å². The fourth-order valence-corrected chi connectivity index (χ4v) is 3.42. The number of hydrogen-bond donors (Lipinski definition) is 1. The van der Waals surface area contributed by atoms with Gasteiger partial charge in [0, 0.05) is 24.2 Å². The molecular weight excluding hydrogens is 310 g/mol. The SMILES string of the molecule is N#CC1(NC(=O)CCC(=O)c2ccc(F)c(F)c2)CCSC1. The van der Waals surface area contributed by atoms with Crippen LogP contribution in [0.5, 0.6) is 0 Å². The molecule has 1 atom stereocenters. The van der Waals surface area contributed by atoms with Gasteiger partial charge in [-0.25, -0.2) is 8.78 Å². The number of thioether (sulfide) groups is 1. The van der Waals surface area contributed by atoms with Crippen molar-refractivity contribution in [1.82, 2.24) is 5.32 Å². The largest absolute Gasteiger partial charge is 0.337 e. The monoisotopic (exact) mass is 324 g/mol. The van der Waals surface area contributed by atoms with E-state index in [1.54, 1.807) is 11.8 Å². The fourth-order valence-electron chi connectivity index (χ4n) is 2.15. The number of hydrogen-bond acceptors (Lipinski definition) is 4. The van der Waals surface area contributed by atoms with E-state index in [9.17, 15) is 18.4 Å². The smallest absolute Gasteiger partial charge is 0.221 e. The molecule has 1 aromatic rings. The number of carbonyl (C=O) groups is 2. The highest BCUT2D eigenvalue weighted by molar-refractivity contribution is 7.99. The molecule has 116 valence electrons. The van der Waals surface area contributed by atoms with E-state index < -0.39 is 23.0 Å². The maximum Gasteiger partial charge on any atom is 0.221 e. The molecule has 1 fully saturated rings. The van der Waals surface area contributed by atoms with Gasteiger partial charge >= 0.3 is 0 Å². The third-order valence-electron chi connectivity index (χ3n) is 3.44. The van der Waals surface area contributed by atoms with Crippen LogP contribution in [0.3, 0.4) is 0 Å². The Bertz CT molecular complexity index is 637. The minimum atomic E-state index is -1.10. The number of carbonyl (C=O) groups excluding carboxylic acids is 2.